The van der Waals surface area contributed by atoms with Gasteiger partial charge in [-0.2, -0.15) is 0 Å². The molecule has 1 heterocycles. The van der Waals surface area contributed by atoms with Gasteiger partial charge in [-0.25, -0.2) is 0 Å². The van der Waals surface area contributed by atoms with Crippen LogP contribution in [0.2, 0.25) is 0 Å². The molecule has 0 atom stereocenters. The maximum atomic E-state index is 11.5. The Balaban J connectivity index is 2.25. The van der Waals surface area contributed by atoms with E-state index in [2.05, 4.69) is 10.6 Å². The minimum Gasteiger partial charge on any atom is -0.546 e. The fourth-order valence-electron chi connectivity index (χ4n) is 1.51. The van der Waals surface area contributed by atoms with E-state index in [-0.39, 0.29) is 16.7 Å². The highest BCUT2D eigenvalue weighted by atomic mass is 32.1. The maximum absolute atomic E-state index is 11.5. The van der Waals surface area contributed by atoms with Gasteiger partial charge in [-0.05, 0) is 24.4 Å². The summed E-state index contributed by atoms with van der Waals surface area (Å²) in [5.74, 6) is -1.33. The molecule has 0 bridgehead atoms. The van der Waals surface area contributed by atoms with Crippen LogP contribution in [0, 0.1) is 0 Å². The number of carboxylic acid groups (broad SMARTS) is 1. The SMILES string of the molecule is O=C([O-])COc1ccccc1/C=C1\NC(=S)NC1=O. The van der Waals surface area contributed by atoms with Crippen LogP contribution in [0.25, 0.3) is 6.08 Å². The van der Waals surface area contributed by atoms with Crippen molar-refractivity contribution in [3.05, 3.63) is 35.5 Å². The number of carbonyl (C=O) groups is 2. The molecule has 2 rings (SSSR count). The molecule has 0 spiro atoms. The predicted molar refractivity (Wildman–Crippen MR) is 68.8 cm³/mol. The van der Waals surface area contributed by atoms with E-state index in [4.69, 9.17) is 17.0 Å². The van der Waals surface area contributed by atoms with Crippen molar-refractivity contribution in [2.45, 2.75) is 0 Å². The molecule has 2 N–H and O–H groups in total. The molecule has 1 aliphatic rings. The number of carboxylic acids is 1. The first kappa shape index (κ1) is 13.0. The summed E-state index contributed by atoms with van der Waals surface area (Å²) in [6.07, 6.45) is 1.53. The highest BCUT2D eigenvalue weighted by Gasteiger charge is 2.20. The molecular weight excluding hydrogens is 268 g/mol. The van der Waals surface area contributed by atoms with Gasteiger partial charge in [-0.1, -0.05) is 18.2 Å². The van der Waals surface area contributed by atoms with Crippen LogP contribution in [-0.4, -0.2) is 23.6 Å². The zero-order valence-corrected chi connectivity index (χ0v) is 10.5. The maximum Gasteiger partial charge on any atom is 0.273 e. The van der Waals surface area contributed by atoms with Crippen molar-refractivity contribution in [1.82, 2.24) is 10.6 Å². The lowest BCUT2D eigenvalue weighted by atomic mass is 10.1. The van der Waals surface area contributed by atoms with Crippen LogP contribution in [0.1, 0.15) is 5.56 Å². The van der Waals surface area contributed by atoms with Gasteiger partial charge >= 0.3 is 0 Å². The van der Waals surface area contributed by atoms with E-state index in [0.29, 0.717) is 11.3 Å². The van der Waals surface area contributed by atoms with Crippen LogP contribution in [0.3, 0.4) is 0 Å². The summed E-state index contributed by atoms with van der Waals surface area (Å²) in [5.41, 5.74) is 0.834. The second kappa shape index (κ2) is 5.49. The summed E-state index contributed by atoms with van der Waals surface area (Å²) in [7, 11) is 0. The Morgan fingerprint density at radius 1 is 1.37 bits per heavy atom. The average molecular weight is 277 g/mol. The van der Waals surface area contributed by atoms with Gasteiger partial charge in [0.25, 0.3) is 5.91 Å². The van der Waals surface area contributed by atoms with Crippen molar-refractivity contribution in [3.63, 3.8) is 0 Å². The first-order valence-corrected chi connectivity index (χ1v) is 5.73. The molecule has 19 heavy (non-hydrogen) atoms. The molecule has 98 valence electrons. The topological polar surface area (TPSA) is 90.5 Å². The van der Waals surface area contributed by atoms with Gasteiger partial charge in [-0.3, -0.25) is 10.1 Å². The summed E-state index contributed by atoms with van der Waals surface area (Å²) >= 11 is 4.81. The second-order valence-electron chi connectivity index (χ2n) is 3.66. The number of hydrogen-bond donors (Lipinski definition) is 2. The van der Waals surface area contributed by atoms with E-state index in [1.165, 1.54) is 6.08 Å². The molecule has 0 unspecified atom stereocenters. The second-order valence-corrected chi connectivity index (χ2v) is 4.07. The van der Waals surface area contributed by atoms with E-state index < -0.39 is 12.6 Å². The first-order valence-electron chi connectivity index (χ1n) is 5.32. The van der Waals surface area contributed by atoms with Crippen LogP contribution in [0.5, 0.6) is 5.75 Å². The zero-order chi connectivity index (χ0) is 13.8. The van der Waals surface area contributed by atoms with E-state index in [9.17, 15) is 14.7 Å². The van der Waals surface area contributed by atoms with Gasteiger partial charge in [0, 0.05) is 5.56 Å². The van der Waals surface area contributed by atoms with E-state index >= 15 is 0 Å². The molecule has 0 aliphatic carbocycles. The lowest BCUT2D eigenvalue weighted by Crippen LogP contribution is -2.29. The average Bonchev–Trinajstić information content (AvgIpc) is 2.67. The van der Waals surface area contributed by atoms with Crippen LogP contribution in [0.4, 0.5) is 0 Å². The Labute approximate surface area is 114 Å². The fourth-order valence-corrected chi connectivity index (χ4v) is 1.71. The number of ether oxygens (including phenoxy) is 1. The molecule has 0 saturated carbocycles. The highest BCUT2D eigenvalue weighted by Crippen LogP contribution is 2.21. The number of carbonyl (C=O) groups excluding carboxylic acids is 2. The third-order valence-corrected chi connectivity index (χ3v) is 2.49. The standard InChI is InChI=1S/C12H10N2O4S/c15-10(16)6-18-9-4-2-1-3-7(9)5-8-11(17)14-12(19)13-8/h1-5H,6H2,(H,15,16)(H2,13,14,17,19)/p-1/b8-5-. The molecule has 1 aromatic carbocycles. The summed E-state index contributed by atoms with van der Waals surface area (Å²) in [6, 6.07) is 6.72. The van der Waals surface area contributed by atoms with Crippen molar-refractivity contribution in [2.75, 3.05) is 6.61 Å². The number of nitrogens with one attached hydrogen (secondary N) is 2. The molecular formula is C12H9N2O4S-. The summed E-state index contributed by atoms with van der Waals surface area (Å²) in [4.78, 5) is 21.9. The zero-order valence-electron chi connectivity index (χ0n) is 9.64. The minimum absolute atomic E-state index is 0.226. The van der Waals surface area contributed by atoms with Crippen LogP contribution in [0.15, 0.2) is 30.0 Å². The Hall–Kier alpha value is -2.41. The van der Waals surface area contributed by atoms with Crippen LogP contribution in [-0.2, 0) is 9.59 Å². The van der Waals surface area contributed by atoms with Crippen LogP contribution >= 0.6 is 12.2 Å². The Kier molecular flexibility index (Phi) is 3.76. The monoisotopic (exact) mass is 277 g/mol. The number of rotatable bonds is 4. The third-order valence-electron chi connectivity index (χ3n) is 2.28. The number of amides is 1. The lowest BCUT2D eigenvalue weighted by molar-refractivity contribution is -0.307. The van der Waals surface area contributed by atoms with Crippen molar-refractivity contribution in [2.24, 2.45) is 0 Å². The Morgan fingerprint density at radius 2 is 2.11 bits per heavy atom. The van der Waals surface area contributed by atoms with Crippen molar-refractivity contribution in [1.29, 1.82) is 0 Å². The molecule has 1 saturated heterocycles. The quantitative estimate of drug-likeness (QED) is 0.551. The largest absolute Gasteiger partial charge is 0.546 e. The van der Waals surface area contributed by atoms with Crippen molar-refractivity contribution < 1.29 is 19.4 Å². The Morgan fingerprint density at radius 3 is 2.74 bits per heavy atom. The fraction of sp³-hybridized carbons (Fsp3) is 0.0833. The molecule has 0 radical (unpaired) electrons. The molecule has 1 fully saturated rings. The summed E-state index contributed by atoms with van der Waals surface area (Å²) in [5, 5.41) is 15.7. The van der Waals surface area contributed by atoms with Gasteiger partial charge < -0.3 is 20.0 Å². The smallest absolute Gasteiger partial charge is 0.273 e. The molecule has 6 nitrogen and oxygen atoms in total. The molecule has 1 aromatic rings. The van der Waals surface area contributed by atoms with Crippen LogP contribution < -0.4 is 20.5 Å². The lowest BCUT2D eigenvalue weighted by Gasteiger charge is -2.09. The van der Waals surface area contributed by atoms with Crippen molar-refractivity contribution in [3.8, 4) is 5.75 Å². The summed E-state index contributed by atoms with van der Waals surface area (Å²) in [6.45, 7) is -0.557. The number of para-hydroxylation sites is 1. The van der Waals surface area contributed by atoms with E-state index in [1.807, 2.05) is 0 Å². The molecule has 1 aliphatic heterocycles. The number of aliphatic carboxylic acids is 1. The Bertz CT molecular complexity index is 583. The van der Waals surface area contributed by atoms with E-state index in [1.54, 1.807) is 24.3 Å². The highest BCUT2D eigenvalue weighted by molar-refractivity contribution is 7.80. The normalized spacial score (nSPS) is 16.1. The van der Waals surface area contributed by atoms with Gasteiger partial charge in [0.15, 0.2) is 5.11 Å². The number of thiocarbonyl (C=S) groups is 1. The van der Waals surface area contributed by atoms with E-state index in [0.717, 1.165) is 0 Å². The molecule has 7 heteroatoms. The minimum atomic E-state index is -1.32. The van der Waals surface area contributed by atoms with Gasteiger partial charge in [0.05, 0.1) is 5.97 Å². The van der Waals surface area contributed by atoms with Gasteiger partial charge in [0.1, 0.15) is 18.1 Å². The summed E-state index contributed by atoms with van der Waals surface area (Å²) < 4.78 is 5.07. The predicted octanol–water partition coefficient (Wildman–Crippen LogP) is -0.840. The first-order chi connectivity index (χ1) is 9.06. The third kappa shape index (κ3) is 3.29. The number of benzene rings is 1. The van der Waals surface area contributed by atoms with Gasteiger partial charge in [-0.15, -0.1) is 0 Å². The van der Waals surface area contributed by atoms with Gasteiger partial charge in [0.2, 0.25) is 0 Å². The van der Waals surface area contributed by atoms with Crippen molar-refractivity contribution >= 4 is 35.3 Å². The number of hydrogen-bond acceptors (Lipinski definition) is 5. The molecule has 1 amide bonds. The molecule has 0 aromatic heterocycles.